The number of nitrogens with two attached hydrogens (primary N) is 1. The van der Waals surface area contributed by atoms with Gasteiger partial charge in [0, 0.05) is 11.8 Å². The summed E-state index contributed by atoms with van der Waals surface area (Å²) in [7, 11) is 0. The Bertz CT molecular complexity index is 553. The molecule has 0 radical (unpaired) electrons. The minimum Gasteiger partial charge on any atom is -0.492 e. The van der Waals surface area contributed by atoms with Gasteiger partial charge in [-0.1, -0.05) is 13.0 Å². The molecule has 0 bridgehead atoms. The molecule has 1 heterocycles. The van der Waals surface area contributed by atoms with Crippen molar-refractivity contribution in [2.45, 2.75) is 32.1 Å². The summed E-state index contributed by atoms with van der Waals surface area (Å²) < 4.78 is 7.67. The van der Waals surface area contributed by atoms with E-state index in [0.717, 1.165) is 29.7 Å². The Labute approximate surface area is 118 Å². The molecule has 0 amide bonds. The number of benzene rings is 1. The highest BCUT2D eigenvalue weighted by molar-refractivity contribution is 7.99. The quantitative estimate of drug-likeness (QED) is 0.882. The Morgan fingerprint density at radius 3 is 2.95 bits per heavy atom. The minimum atomic E-state index is 0.565. The van der Waals surface area contributed by atoms with Gasteiger partial charge >= 0.3 is 0 Å². The first-order chi connectivity index (χ1) is 9.17. The molecule has 2 aromatic rings. The Morgan fingerprint density at radius 2 is 2.26 bits per heavy atom. The van der Waals surface area contributed by atoms with Gasteiger partial charge in [-0.05, 0) is 31.7 Å². The second-order valence-corrected chi connectivity index (χ2v) is 5.79. The number of hydrogen-bond donors (Lipinski definition) is 1. The molecule has 0 saturated carbocycles. The Kier molecular flexibility index (Phi) is 4.58. The summed E-state index contributed by atoms with van der Waals surface area (Å²) in [6.45, 7) is 5.72. The molecule has 0 saturated heterocycles. The van der Waals surface area contributed by atoms with Gasteiger partial charge in [0.1, 0.15) is 11.3 Å². The standard InChI is InChI=1S/C14H21N3OS/c1-4-18-12-7-5-6-11-13(12)16-14(15)17(11)9-8-10(2)19-3/h5-7,10H,4,8-9H2,1-3H3,(H2,15,16). The maximum Gasteiger partial charge on any atom is 0.201 e. The van der Waals surface area contributed by atoms with Crippen LogP contribution >= 0.6 is 11.8 Å². The summed E-state index contributed by atoms with van der Waals surface area (Å²) in [4.78, 5) is 4.44. The number of aromatic nitrogens is 2. The van der Waals surface area contributed by atoms with E-state index in [1.165, 1.54) is 0 Å². The molecular weight excluding hydrogens is 258 g/mol. The molecule has 1 aromatic heterocycles. The number of thioether (sulfide) groups is 1. The van der Waals surface area contributed by atoms with Gasteiger partial charge in [0.25, 0.3) is 0 Å². The number of aryl methyl sites for hydroxylation is 1. The summed E-state index contributed by atoms with van der Waals surface area (Å²) in [6, 6.07) is 5.97. The lowest BCUT2D eigenvalue weighted by Crippen LogP contribution is -2.07. The highest BCUT2D eigenvalue weighted by Crippen LogP contribution is 2.27. The highest BCUT2D eigenvalue weighted by Gasteiger charge is 2.12. The van der Waals surface area contributed by atoms with Gasteiger partial charge in [-0.25, -0.2) is 4.98 Å². The van der Waals surface area contributed by atoms with E-state index in [0.29, 0.717) is 17.8 Å². The van der Waals surface area contributed by atoms with Crippen LogP contribution in [-0.4, -0.2) is 27.7 Å². The topological polar surface area (TPSA) is 53.1 Å². The highest BCUT2D eigenvalue weighted by atomic mass is 32.2. The van der Waals surface area contributed by atoms with Gasteiger partial charge in [0.05, 0.1) is 12.1 Å². The third kappa shape index (κ3) is 2.97. The molecule has 5 heteroatoms. The SMILES string of the molecule is CCOc1cccc2c1nc(N)n2CCC(C)SC. The van der Waals surface area contributed by atoms with Crippen molar-refractivity contribution in [2.24, 2.45) is 0 Å². The van der Waals surface area contributed by atoms with E-state index >= 15 is 0 Å². The number of hydrogen-bond acceptors (Lipinski definition) is 4. The number of nitrogen functional groups attached to an aromatic ring is 1. The Morgan fingerprint density at radius 1 is 1.47 bits per heavy atom. The van der Waals surface area contributed by atoms with Crippen molar-refractivity contribution in [3.8, 4) is 5.75 Å². The van der Waals surface area contributed by atoms with Crippen molar-refractivity contribution in [1.82, 2.24) is 9.55 Å². The number of imidazole rings is 1. The van der Waals surface area contributed by atoms with Gasteiger partial charge in [-0.2, -0.15) is 11.8 Å². The zero-order valence-corrected chi connectivity index (χ0v) is 12.5. The van der Waals surface area contributed by atoms with Crippen LogP contribution in [0.1, 0.15) is 20.3 Å². The van der Waals surface area contributed by atoms with Crippen LogP contribution in [0.5, 0.6) is 5.75 Å². The first-order valence-electron chi connectivity index (χ1n) is 6.57. The fraction of sp³-hybridized carbons (Fsp3) is 0.500. The lowest BCUT2D eigenvalue weighted by Gasteiger charge is -2.10. The van der Waals surface area contributed by atoms with Gasteiger partial charge < -0.3 is 15.0 Å². The fourth-order valence-corrected chi connectivity index (χ4v) is 2.42. The van der Waals surface area contributed by atoms with Crippen molar-refractivity contribution in [2.75, 3.05) is 18.6 Å². The molecule has 4 nitrogen and oxygen atoms in total. The van der Waals surface area contributed by atoms with Crippen LogP contribution in [0.4, 0.5) is 5.95 Å². The minimum absolute atomic E-state index is 0.565. The summed E-state index contributed by atoms with van der Waals surface area (Å²) in [5, 5.41) is 0.618. The maximum absolute atomic E-state index is 6.04. The van der Waals surface area contributed by atoms with Crippen LogP contribution in [0.15, 0.2) is 18.2 Å². The van der Waals surface area contributed by atoms with E-state index in [9.17, 15) is 0 Å². The average Bonchev–Trinajstić information content (AvgIpc) is 2.73. The average molecular weight is 279 g/mol. The first-order valence-corrected chi connectivity index (χ1v) is 7.86. The molecule has 1 aromatic carbocycles. The second-order valence-electron chi connectivity index (χ2n) is 4.51. The molecule has 0 aliphatic heterocycles. The van der Waals surface area contributed by atoms with Crippen molar-refractivity contribution in [3.05, 3.63) is 18.2 Å². The largest absolute Gasteiger partial charge is 0.492 e. The molecule has 104 valence electrons. The van der Waals surface area contributed by atoms with E-state index in [4.69, 9.17) is 10.5 Å². The molecule has 0 aliphatic rings. The third-order valence-electron chi connectivity index (χ3n) is 3.23. The Balaban J connectivity index is 2.33. The summed E-state index contributed by atoms with van der Waals surface area (Å²) in [6.07, 6.45) is 3.21. The smallest absolute Gasteiger partial charge is 0.201 e. The van der Waals surface area contributed by atoms with Crippen LogP contribution in [0.3, 0.4) is 0 Å². The lowest BCUT2D eigenvalue weighted by molar-refractivity contribution is 0.343. The van der Waals surface area contributed by atoms with E-state index in [2.05, 4.69) is 22.7 Å². The molecular formula is C14H21N3OS. The molecule has 2 rings (SSSR count). The summed E-state index contributed by atoms with van der Waals surface area (Å²) in [5.74, 6) is 1.37. The normalized spacial score (nSPS) is 12.8. The zero-order chi connectivity index (χ0) is 13.8. The van der Waals surface area contributed by atoms with Gasteiger partial charge in [0.2, 0.25) is 5.95 Å². The third-order valence-corrected chi connectivity index (χ3v) is 4.27. The fourth-order valence-electron chi connectivity index (χ4n) is 2.07. The van der Waals surface area contributed by atoms with E-state index < -0.39 is 0 Å². The summed E-state index contributed by atoms with van der Waals surface area (Å²) >= 11 is 1.87. The molecule has 1 atom stereocenters. The Hall–Kier alpha value is -1.36. The van der Waals surface area contributed by atoms with Crippen LogP contribution in [-0.2, 0) is 6.54 Å². The van der Waals surface area contributed by atoms with Crippen LogP contribution in [0.2, 0.25) is 0 Å². The monoisotopic (exact) mass is 279 g/mol. The van der Waals surface area contributed by atoms with Gasteiger partial charge in [0.15, 0.2) is 0 Å². The van der Waals surface area contributed by atoms with Crippen molar-refractivity contribution in [1.29, 1.82) is 0 Å². The number of para-hydroxylation sites is 1. The van der Waals surface area contributed by atoms with Crippen molar-refractivity contribution >= 4 is 28.7 Å². The number of anilines is 1. The predicted molar refractivity (Wildman–Crippen MR) is 82.9 cm³/mol. The van der Waals surface area contributed by atoms with Crippen LogP contribution in [0, 0.1) is 0 Å². The van der Waals surface area contributed by atoms with Crippen molar-refractivity contribution in [3.63, 3.8) is 0 Å². The molecule has 0 fully saturated rings. The summed E-state index contributed by atoms with van der Waals surface area (Å²) in [5.41, 5.74) is 7.95. The predicted octanol–water partition coefficient (Wildman–Crippen LogP) is 3.16. The van der Waals surface area contributed by atoms with Crippen LogP contribution < -0.4 is 10.5 Å². The van der Waals surface area contributed by atoms with Crippen LogP contribution in [0.25, 0.3) is 11.0 Å². The molecule has 0 spiro atoms. The van der Waals surface area contributed by atoms with Gasteiger partial charge in [-0.15, -0.1) is 0 Å². The lowest BCUT2D eigenvalue weighted by atomic mass is 10.2. The number of ether oxygens (including phenoxy) is 1. The van der Waals surface area contributed by atoms with Gasteiger partial charge in [-0.3, -0.25) is 0 Å². The zero-order valence-electron chi connectivity index (χ0n) is 11.7. The van der Waals surface area contributed by atoms with Crippen molar-refractivity contribution < 1.29 is 4.74 Å². The van der Waals surface area contributed by atoms with E-state index in [1.54, 1.807) is 0 Å². The number of rotatable bonds is 6. The number of nitrogens with zero attached hydrogens (tertiary/aromatic N) is 2. The maximum atomic E-state index is 6.04. The number of fused-ring (bicyclic) bond motifs is 1. The molecule has 19 heavy (non-hydrogen) atoms. The van der Waals surface area contributed by atoms with E-state index in [1.807, 2.05) is 36.9 Å². The molecule has 1 unspecified atom stereocenters. The second kappa shape index (κ2) is 6.19. The molecule has 2 N–H and O–H groups in total. The molecule has 0 aliphatic carbocycles. The first kappa shape index (κ1) is 14.1. The van der Waals surface area contributed by atoms with E-state index in [-0.39, 0.29) is 0 Å².